The highest BCUT2D eigenvalue weighted by Gasteiger charge is 2.41. The first-order valence-corrected chi connectivity index (χ1v) is 14.6. The lowest BCUT2D eigenvalue weighted by molar-refractivity contribution is -0.141. The number of hydrogen-bond acceptors (Lipinski definition) is 8. The Kier molecular flexibility index (Phi) is 9.05. The van der Waals surface area contributed by atoms with Gasteiger partial charge in [-0.25, -0.2) is 4.98 Å². The SMILES string of the molecule is COC(=O)CNC(C)(C(=O)N1CCCC1)c1ccc2[nH]c(CNc3ccc(C(=N)NC(=O)c4ccccc4)cc3)nc2c1C. The monoisotopic (exact) mass is 595 g/mol. The summed E-state index contributed by atoms with van der Waals surface area (Å²) in [6.07, 6.45) is 1.92. The molecule has 1 fully saturated rings. The summed E-state index contributed by atoms with van der Waals surface area (Å²) in [6.45, 7) is 5.45. The molecule has 0 saturated carbocycles. The van der Waals surface area contributed by atoms with Gasteiger partial charge >= 0.3 is 5.97 Å². The summed E-state index contributed by atoms with van der Waals surface area (Å²) >= 11 is 0. The number of imidazole rings is 1. The zero-order valence-corrected chi connectivity index (χ0v) is 25.1. The van der Waals surface area contributed by atoms with Gasteiger partial charge in [-0.2, -0.15) is 0 Å². The Bertz CT molecular complexity index is 1680. The summed E-state index contributed by atoms with van der Waals surface area (Å²) in [7, 11) is 1.33. The van der Waals surface area contributed by atoms with Crippen molar-refractivity contribution in [2.24, 2.45) is 0 Å². The van der Waals surface area contributed by atoms with E-state index in [1.54, 1.807) is 36.4 Å². The van der Waals surface area contributed by atoms with Gasteiger partial charge in [0.2, 0.25) is 5.91 Å². The standard InChI is InChI=1S/C33H37N7O4/c1-21-25(33(2,36-20-28(41)44-3)32(43)40-17-7-8-18-40)15-16-26-29(21)38-27(37-26)19-35-24-13-11-22(12-14-24)30(34)39-31(42)23-9-5-4-6-10-23/h4-6,9-16,35-36H,7-8,17-20H2,1-3H3,(H,37,38)(H2,34,39,42). The van der Waals surface area contributed by atoms with Gasteiger partial charge in [-0.1, -0.05) is 24.3 Å². The molecule has 11 nitrogen and oxygen atoms in total. The number of carbonyl (C=O) groups is 3. The van der Waals surface area contributed by atoms with Crippen LogP contribution in [0.2, 0.25) is 0 Å². The number of rotatable bonds is 10. The number of likely N-dealkylation sites (tertiary alicyclic amines) is 1. The first kappa shape index (κ1) is 30.4. The summed E-state index contributed by atoms with van der Waals surface area (Å²) < 4.78 is 4.83. The van der Waals surface area contributed by atoms with Crippen LogP contribution in [0.15, 0.2) is 66.7 Å². The van der Waals surface area contributed by atoms with Crippen LogP contribution in [0.5, 0.6) is 0 Å². The number of fused-ring (bicyclic) bond motifs is 1. The van der Waals surface area contributed by atoms with E-state index in [0.717, 1.165) is 40.7 Å². The van der Waals surface area contributed by atoms with Gasteiger partial charge in [0.15, 0.2) is 0 Å². The number of benzene rings is 3. The van der Waals surface area contributed by atoms with E-state index in [-0.39, 0.29) is 24.2 Å². The summed E-state index contributed by atoms with van der Waals surface area (Å²) in [4.78, 5) is 48.2. The number of aryl methyl sites for hydroxylation is 1. The minimum Gasteiger partial charge on any atom is -0.468 e. The smallest absolute Gasteiger partial charge is 0.319 e. The molecule has 2 heterocycles. The molecule has 3 aromatic carbocycles. The quantitative estimate of drug-likeness (QED) is 0.106. The van der Waals surface area contributed by atoms with Crippen LogP contribution in [0.25, 0.3) is 11.0 Å². The van der Waals surface area contributed by atoms with Crippen molar-refractivity contribution in [3.05, 3.63) is 94.8 Å². The second kappa shape index (κ2) is 13.1. The van der Waals surface area contributed by atoms with Crippen molar-refractivity contribution < 1.29 is 19.1 Å². The predicted molar refractivity (Wildman–Crippen MR) is 169 cm³/mol. The summed E-state index contributed by atoms with van der Waals surface area (Å²) in [5.74, 6) is -0.122. The molecule has 0 aliphatic carbocycles. The molecule has 11 heteroatoms. The average molecular weight is 596 g/mol. The lowest BCUT2D eigenvalue weighted by Gasteiger charge is -2.34. The number of anilines is 1. The zero-order valence-electron chi connectivity index (χ0n) is 25.1. The van der Waals surface area contributed by atoms with Gasteiger partial charge in [0.05, 0.1) is 31.2 Å². The Balaban J connectivity index is 1.29. The third-order valence-electron chi connectivity index (χ3n) is 8.04. The van der Waals surface area contributed by atoms with Crippen molar-refractivity contribution in [1.29, 1.82) is 5.41 Å². The Labute approximate surface area is 255 Å². The van der Waals surface area contributed by atoms with Crippen molar-refractivity contribution in [1.82, 2.24) is 25.5 Å². The number of aromatic amines is 1. The Hall–Kier alpha value is -5.03. The molecular weight excluding hydrogens is 558 g/mol. The van der Waals surface area contributed by atoms with Crippen LogP contribution in [-0.2, 0) is 26.4 Å². The highest BCUT2D eigenvalue weighted by molar-refractivity contribution is 6.11. The number of methoxy groups -OCH3 is 1. The molecular formula is C33H37N7O4. The van der Waals surface area contributed by atoms with Crippen molar-refractivity contribution in [3.63, 3.8) is 0 Å². The van der Waals surface area contributed by atoms with Crippen LogP contribution in [0.3, 0.4) is 0 Å². The number of amides is 2. The lowest BCUT2D eigenvalue weighted by atomic mass is 9.86. The number of ether oxygens (including phenoxy) is 1. The van der Waals surface area contributed by atoms with Gasteiger partial charge in [-0.3, -0.25) is 25.1 Å². The first-order valence-electron chi connectivity index (χ1n) is 14.6. The molecule has 44 heavy (non-hydrogen) atoms. The molecule has 4 aromatic rings. The second-order valence-electron chi connectivity index (χ2n) is 11.0. The van der Waals surface area contributed by atoms with Crippen LogP contribution in [0, 0.1) is 12.3 Å². The van der Waals surface area contributed by atoms with Crippen molar-refractivity contribution in [2.45, 2.75) is 38.8 Å². The molecule has 0 spiro atoms. The van der Waals surface area contributed by atoms with E-state index in [0.29, 0.717) is 36.6 Å². The highest BCUT2D eigenvalue weighted by atomic mass is 16.5. The Morgan fingerprint density at radius 1 is 1.00 bits per heavy atom. The van der Waals surface area contributed by atoms with E-state index in [9.17, 15) is 14.4 Å². The highest BCUT2D eigenvalue weighted by Crippen LogP contribution is 2.32. The molecule has 228 valence electrons. The molecule has 1 unspecified atom stereocenters. The van der Waals surface area contributed by atoms with E-state index in [4.69, 9.17) is 15.1 Å². The fourth-order valence-corrected chi connectivity index (χ4v) is 5.52. The van der Waals surface area contributed by atoms with E-state index in [2.05, 4.69) is 20.9 Å². The molecule has 1 saturated heterocycles. The molecule has 1 aromatic heterocycles. The molecule has 1 aliphatic heterocycles. The number of hydrogen-bond donors (Lipinski definition) is 5. The molecule has 5 N–H and O–H groups in total. The van der Waals surface area contributed by atoms with E-state index in [1.807, 2.05) is 49.1 Å². The molecule has 0 radical (unpaired) electrons. The maximum absolute atomic E-state index is 13.7. The fourth-order valence-electron chi connectivity index (χ4n) is 5.52. The number of esters is 1. The summed E-state index contributed by atoms with van der Waals surface area (Å²) in [5.41, 5.74) is 3.95. The maximum Gasteiger partial charge on any atom is 0.319 e. The molecule has 1 aliphatic rings. The first-order chi connectivity index (χ1) is 21.2. The maximum atomic E-state index is 13.7. The van der Waals surface area contributed by atoms with Gasteiger partial charge in [-0.15, -0.1) is 0 Å². The largest absolute Gasteiger partial charge is 0.468 e. The zero-order chi connectivity index (χ0) is 31.3. The second-order valence-corrected chi connectivity index (χ2v) is 11.0. The van der Waals surface area contributed by atoms with Crippen molar-refractivity contribution in [2.75, 3.05) is 32.1 Å². The minimum absolute atomic E-state index is 0.0188. The fraction of sp³-hybridized carbons (Fsp3) is 0.303. The van der Waals surface area contributed by atoms with E-state index >= 15 is 0 Å². The van der Waals surface area contributed by atoms with Crippen LogP contribution < -0.4 is 16.0 Å². The summed E-state index contributed by atoms with van der Waals surface area (Å²) in [6, 6.07) is 19.8. The van der Waals surface area contributed by atoms with Crippen LogP contribution in [0.4, 0.5) is 5.69 Å². The normalized spacial score (nSPS) is 14.2. The van der Waals surface area contributed by atoms with Crippen LogP contribution in [-0.4, -0.2) is 65.2 Å². The van der Waals surface area contributed by atoms with Gasteiger partial charge < -0.3 is 25.3 Å². The topological polar surface area (TPSA) is 152 Å². The summed E-state index contributed by atoms with van der Waals surface area (Å²) in [5, 5.41) is 17.4. The van der Waals surface area contributed by atoms with Gasteiger partial charge in [0.1, 0.15) is 17.2 Å². The van der Waals surface area contributed by atoms with Crippen LogP contribution in [0.1, 0.15) is 52.6 Å². The minimum atomic E-state index is -1.13. The number of amidine groups is 1. The van der Waals surface area contributed by atoms with E-state index < -0.39 is 11.5 Å². The number of H-pyrrole nitrogens is 1. The average Bonchev–Trinajstić information content (AvgIpc) is 3.74. The number of carbonyl (C=O) groups excluding carboxylic acids is 3. The van der Waals surface area contributed by atoms with Gasteiger partial charge in [0, 0.05) is 29.9 Å². The van der Waals surface area contributed by atoms with E-state index in [1.165, 1.54) is 7.11 Å². The Morgan fingerprint density at radius 2 is 1.70 bits per heavy atom. The van der Waals surface area contributed by atoms with Crippen molar-refractivity contribution in [3.8, 4) is 0 Å². The van der Waals surface area contributed by atoms with Crippen LogP contribution >= 0.6 is 0 Å². The molecule has 0 bridgehead atoms. The third-order valence-corrected chi connectivity index (χ3v) is 8.04. The van der Waals surface area contributed by atoms with Gasteiger partial charge in [-0.05, 0) is 80.3 Å². The molecule has 1 atom stereocenters. The molecule has 5 rings (SSSR count). The number of nitrogens with zero attached hydrogens (tertiary/aromatic N) is 2. The number of nitrogens with one attached hydrogen (secondary N) is 5. The van der Waals surface area contributed by atoms with Gasteiger partial charge in [0.25, 0.3) is 5.91 Å². The lowest BCUT2D eigenvalue weighted by Crippen LogP contribution is -2.54. The molecule has 2 amide bonds. The van der Waals surface area contributed by atoms with Crippen molar-refractivity contribution >= 4 is 40.3 Å². The Morgan fingerprint density at radius 3 is 2.39 bits per heavy atom. The predicted octanol–water partition coefficient (Wildman–Crippen LogP) is 3.84. The number of aromatic nitrogens is 2. The third kappa shape index (κ3) is 6.47.